The summed E-state index contributed by atoms with van der Waals surface area (Å²) in [6.45, 7) is 0. The SMILES string of the molecule is Cn1c(C(=O)Nc2cccc(C#Cc3ccccn3)c2)c(Cl)c2ccccc21. The summed E-state index contributed by atoms with van der Waals surface area (Å²) in [5.41, 5.74) is 3.46. The number of rotatable bonds is 2. The molecule has 0 bridgehead atoms. The number of carbonyl (C=O) groups excluding carboxylic acids is 1. The number of hydrogen-bond acceptors (Lipinski definition) is 2. The lowest BCUT2D eigenvalue weighted by Gasteiger charge is -2.07. The van der Waals surface area contributed by atoms with Gasteiger partial charge in [0.15, 0.2) is 0 Å². The molecule has 0 fully saturated rings. The van der Waals surface area contributed by atoms with Gasteiger partial charge in [-0.05, 0) is 42.3 Å². The van der Waals surface area contributed by atoms with Crippen LogP contribution in [0.5, 0.6) is 0 Å². The van der Waals surface area contributed by atoms with E-state index in [0.29, 0.717) is 22.1 Å². The standard InChI is InChI=1S/C23H16ClN3O/c1-27-20-11-3-2-10-19(20)21(24)22(27)23(28)26-18-9-6-7-16(15-18)12-13-17-8-4-5-14-25-17/h2-11,14-15H,1H3,(H,26,28). The first kappa shape index (κ1) is 17.8. The van der Waals surface area contributed by atoms with E-state index in [4.69, 9.17) is 11.6 Å². The molecule has 0 spiro atoms. The van der Waals surface area contributed by atoms with E-state index in [0.717, 1.165) is 16.5 Å². The number of hydrogen-bond donors (Lipinski definition) is 1. The fourth-order valence-corrected chi connectivity index (χ4v) is 3.41. The van der Waals surface area contributed by atoms with Crippen LogP contribution in [0.15, 0.2) is 72.9 Å². The molecule has 4 rings (SSSR count). The second-order valence-corrected chi connectivity index (χ2v) is 6.62. The zero-order valence-electron chi connectivity index (χ0n) is 15.1. The van der Waals surface area contributed by atoms with Crippen LogP contribution in [0.2, 0.25) is 5.02 Å². The van der Waals surface area contributed by atoms with Crippen molar-refractivity contribution in [2.75, 3.05) is 5.32 Å². The molecule has 4 nitrogen and oxygen atoms in total. The molecule has 0 aliphatic rings. The van der Waals surface area contributed by atoms with Crippen molar-refractivity contribution in [3.8, 4) is 11.8 Å². The number of pyridine rings is 1. The lowest BCUT2D eigenvalue weighted by Crippen LogP contribution is -2.16. The number of aromatic nitrogens is 2. The minimum absolute atomic E-state index is 0.265. The average Bonchev–Trinajstić information content (AvgIpc) is 2.98. The largest absolute Gasteiger partial charge is 0.338 e. The van der Waals surface area contributed by atoms with Crippen LogP contribution in [0.25, 0.3) is 10.9 Å². The summed E-state index contributed by atoms with van der Waals surface area (Å²) in [4.78, 5) is 17.0. The van der Waals surface area contributed by atoms with E-state index in [1.165, 1.54) is 0 Å². The Labute approximate surface area is 167 Å². The van der Waals surface area contributed by atoms with E-state index in [1.807, 2.05) is 73.8 Å². The Morgan fingerprint density at radius 2 is 1.86 bits per heavy atom. The van der Waals surface area contributed by atoms with Gasteiger partial charge in [0, 0.05) is 35.4 Å². The first-order valence-corrected chi connectivity index (χ1v) is 9.08. The Hall–Kier alpha value is -3.55. The number of fused-ring (bicyclic) bond motifs is 1. The summed E-state index contributed by atoms with van der Waals surface area (Å²) >= 11 is 6.46. The highest BCUT2D eigenvalue weighted by molar-refractivity contribution is 6.39. The summed E-state index contributed by atoms with van der Waals surface area (Å²) in [7, 11) is 1.83. The van der Waals surface area contributed by atoms with Crippen molar-refractivity contribution in [3.05, 3.63) is 94.9 Å². The highest BCUT2D eigenvalue weighted by Crippen LogP contribution is 2.30. The first-order chi connectivity index (χ1) is 13.6. The monoisotopic (exact) mass is 385 g/mol. The zero-order chi connectivity index (χ0) is 19.5. The summed E-state index contributed by atoms with van der Waals surface area (Å²) < 4.78 is 1.80. The fourth-order valence-electron chi connectivity index (χ4n) is 3.04. The molecule has 0 atom stereocenters. The summed E-state index contributed by atoms with van der Waals surface area (Å²) in [5.74, 6) is 5.81. The Morgan fingerprint density at radius 3 is 2.64 bits per heavy atom. The molecule has 2 aromatic heterocycles. The molecule has 0 unspecified atom stereocenters. The topological polar surface area (TPSA) is 46.9 Å². The second kappa shape index (κ2) is 7.59. The average molecular weight is 386 g/mol. The van der Waals surface area contributed by atoms with Crippen molar-refractivity contribution in [1.29, 1.82) is 0 Å². The van der Waals surface area contributed by atoms with Crippen LogP contribution < -0.4 is 5.32 Å². The molecule has 136 valence electrons. The van der Waals surface area contributed by atoms with Gasteiger partial charge in [-0.15, -0.1) is 0 Å². The summed E-state index contributed by atoms with van der Waals surface area (Å²) in [6, 6.07) is 20.6. The number of nitrogens with one attached hydrogen (secondary N) is 1. The van der Waals surface area contributed by atoms with Gasteiger partial charge in [0.2, 0.25) is 0 Å². The maximum Gasteiger partial charge on any atom is 0.273 e. The molecule has 2 aromatic carbocycles. The van der Waals surface area contributed by atoms with Crippen molar-refractivity contribution in [1.82, 2.24) is 9.55 Å². The molecule has 0 aliphatic heterocycles. The van der Waals surface area contributed by atoms with Crippen molar-refractivity contribution >= 4 is 34.1 Å². The molecular weight excluding hydrogens is 370 g/mol. The zero-order valence-corrected chi connectivity index (χ0v) is 15.9. The molecule has 1 N–H and O–H groups in total. The highest BCUT2D eigenvalue weighted by Gasteiger charge is 2.19. The number of para-hydroxylation sites is 1. The van der Waals surface area contributed by atoms with Crippen LogP contribution in [-0.4, -0.2) is 15.5 Å². The molecule has 5 heteroatoms. The lowest BCUT2D eigenvalue weighted by atomic mass is 10.2. The quantitative estimate of drug-likeness (QED) is 0.500. The molecule has 0 saturated heterocycles. The molecule has 4 aromatic rings. The van der Waals surface area contributed by atoms with Gasteiger partial charge in [0.05, 0.1) is 5.02 Å². The third-order valence-corrected chi connectivity index (χ3v) is 4.76. The smallest absolute Gasteiger partial charge is 0.273 e. The van der Waals surface area contributed by atoms with E-state index in [9.17, 15) is 4.79 Å². The Kier molecular flexibility index (Phi) is 4.84. The predicted octanol–water partition coefficient (Wildman–Crippen LogP) is 4.88. The molecule has 0 radical (unpaired) electrons. The van der Waals surface area contributed by atoms with Crippen LogP contribution in [0.4, 0.5) is 5.69 Å². The van der Waals surface area contributed by atoms with E-state index >= 15 is 0 Å². The summed E-state index contributed by atoms with van der Waals surface area (Å²) in [6.07, 6.45) is 1.70. The van der Waals surface area contributed by atoms with Crippen molar-refractivity contribution in [3.63, 3.8) is 0 Å². The Balaban J connectivity index is 1.60. The van der Waals surface area contributed by atoms with E-state index in [1.54, 1.807) is 10.8 Å². The van der Waals surface area contributed by atoms with Gasteiger partial charge < -0.3 is 9.88 Å². The maximum absolute atomic E-state index is 12.9. The Morgan fingerprint density at radius 1 is 1.04 bits per heavy atom. The molecule has 0 saturated carbocycles. The molecule has 1 amide bonds. The number of benzene rings is 2. The molecular formula is C23H16ClN3O. The number of halogens is 1. The van der Waals surface area contributed by atoms with E-state index in [2.05, 4.69) is 22.1 Å². The fraction of sp³-hybridized carbons (Fsp3) is 0.0435. The number of nitrogens with zero attached hydrogens (tertiary/aromatic N) is 2. The van der Waals surface area contributed by atoms with Gasteiger partial charge >= 0.3 is 0 Å². The van der Waals surface area contributed by atoms with Gasteiger partial charge in [-0.3, -0.25) is 4.79 Å². The van der Waals surface area contributed by atoms with Crippen LogP contribution in [-0.2, 0) is 7.05 Å². The van der Waals surface area contributed by atoms with Crippen LogP contribution in [0, 0.1) is 11.8 Å². The third kappa shape index (κ3) is 3.48. The number of amides is 1. The second-order valence-electron chi connectivity index (χ2n) is 6.24. The van der Waals surface area contributed by atoms with Gasteiger partial charge in [-0.2, -0.15) is 0 Å². The molecule has 2 heterocycles. The highest BCUT2D eigenvalue weighted by atomic mass is 35.5. The van der Waals surface area contributed by atoms with Crippen LogP contribution in [0.3, 0.4) is 0 Å². The lowest BCUT2D eigenvalue weighted by molar-refractivity contribution is 0.102. The normalized spacial score (nSPS) is 10.4. The Bertz CT molecular complexity index is 1190. The predicted molar refractivity (Wildman–Crippen MR) is 113 cm³/mol. The van der Waals surface area contributed by atoms with Crippen molar-refractivity contribution < 1.29 is 4.79 Å². The van der Waals surface area contributed by atoms with Gasteiger partial charge in [-0.25, -0.2) is 4.98 Å². The van der Waals surface area contributed by atoms with E-state index in [-0.39, 0.29) is 5.91 Å². The number of anilines is 1. The van der Waals surface area contributed by atoms with Crippen molar-refractivity contribution in [2.45, 2.75) is 0 Å². The number of aryl methyl sites for hydroxylation is 1. The van der Waals surface area contributed by atoms with E-state index < -0.39 is 0 Å². The van der Waals surface area contributed by atoms with Crippen molar-refractivity contribution in [2.24, 2.45) is 7.05 Å². The molecule has 0 aliphatic carbocycles. The third-order valence-electron chi connectivity index (χ3n) is 4.38. The minimum atomic E-state index is -0.265. The van der Waals surface area contributed by atoms with Crippen LogP contribution >= 0.6 is 11.6 Å². The maximum atomic E-state index is 12.9. The van der Waals surface area contributed by atoms with Gasteiger partial charge in [0.25, 0.3) is 5.91 Å². The minimum Gasteiger partial charge on any atom is -0.338 e. The number of carbonyl (C=O) groups is 1. The first-order valence-electron chi connectivity index (χ1n) is 8.71. The van der Waals surface area contributed by atoms with Gasteiger partial charge in [-0.1, -0.05) is 47.9 Å². The molecule has 28 heavy (non-hydrogen) atoms. The summed E-state index contributed by atoms with van der Waals surface area (Å²) in [5, 5.41) is 4.21. The van der Waals surface area contributed by atoms with Crippen LogP contribution in [0.1, 0.15) is 21.7 Å². The van der Waals surface area contributed by atoms with Gasteiger partial charge in [0.1, 0.15) is 11.4 Å².